The first-order chi connectivity index (χ1) is 13.9. The number of guanidine groups is 1. The number of carbonyl (C=O) groups excluding carboxylic acids is 1. The molecule has 30 heavy (non-hydrogen) atoms. The Bertz CT molecular complexity index is 1200. The number of halogens is 1. The van der Waals surface area contributed by atoms with E-state index < -0.39 is 26.1 Å². The van der Waals surface area contributed by atoms with Crippen molar-refractivity contribution < 1.29 is 17.6 Å². The third-order valence-corrected chi connectivity index (χ3v) is 9.04. The minimum Gasteiger partial charge on any atom is -0.369 e. The highest BCUT2D eigenvalue weighted by Crippen LogP contribution is 2.60. The first-order valence-electron chi connectivity index (χ1n) is 9.59. The molecule has 8 nitrogen and oxygen atoms in total. The van der Waals surface area contributed by atoms with Gasteiger partial charge in [-0.15, -0.1) is 0 Å². The van der Waals surface area contributed by atoms with Gasteiger partial charge in [-0.25, -0.2) is 22.1 Å². The van der Waals surface area contributed by atoms with Gasteiger partial charge in [-0.05, 0) is 44.4 Å². The lowest BCUT2D eigenvalue weighted by Crippen LogP contribution is -2.58. The molecule has 2 aromatic rings. The van der Waals surface area contributed by atoms with E-state index in [0.717, 1.165) is 4.31 Å². The van der Waals surface area contributed by atoms with Crippen molar-refractivity contribution in [3.05, 3.63) is 52.6 Å². The molecule has 2 N–H and O–H groups in total. The SMILES string of the molecule is Cc1nn(C)cc1C(=O)Cc1ccc(F)c([C@@]2(C)N=C(N)N(C)S(=O)(=O)C23CC3)c1. The highest BCUT2D eigenvalue weighted by Gasteiger charge is 2.70. The number of aliphatic imine (C=N–C) groups is 1. The number of sulfonamides is 1. The summed E-state index contributed by atoms with van der Waals surface area (Å²) in [6.07, 6.45) is 2.42. The molecule has 4 rings (SSSR count). The fraction of sp³-hybridized carbons (Fsp3) is 0.450. The number of hydrogen-bond donors (Lipinski definition) is 1. The average molecular weight is 434 g/mol. The molecule has 1 spiro atoms. The lowest BCUT2D eigenvalue weighted by molar-refractivity contribution is 0.0992. The summed E-state index contributed by atoms with van der Waals surface area (Å²) in [5.74, 6) is -0.904. The van der Waals surface area contributed by atoms with Gasteiger partial charge < -0.3 is 5.73 Å². The van der Waals surface area contributed by atoms with Crippen molar-refractivity contribution >= 4 is 21.8 Å². The van der Waals surface area contributed by atoms with Gasteiger partial charge in [0.1, 0.15) is 16.1 Å². The maximum Gasteiger partial charge on any atom is 0.245 e. The lowest BCUT2D eigenvalue weighted by Gasteiger charge is -2.42. The number of aryl methyl sites for hydroxylation is 2. The molecule has 1 aromatic carbocycles. The summed E-state index contributed by atoms with van der Waals surface area (Å²) in [5.41, 5.74) is 6.33. The first kappa shape index (κ1) is 20.5. The van der Waals surface area contributed by atoms with E-state index in [9.17, 15) is 17.6 Å². The van der Waals surface area contributed by atoms with Crippen LogP contribution in [0.5, 0.6) is 0 Å². The number of nitrogens with zero attached hydrogens (tertiary/aromatic N) is 4. The second-order valence-electron chi connectivity index (χ2n) is 8.23. The van der Waals surface area contributed by atoms with Crippen LogP contribution in [0.15, 0.2) is 29.4 Å². The molecule has 1 aliphatic heterocycles. The number of aromatic nitrogens is 2. The Kier molecular flexibility index (Phi) is 4.36. The highest BCUT2D eigenvalue weighted by molar-refractivity contribution is 7.91. The number of carbonyl (C=O) groups is 1. The van der Waals surface area contributed by atoms with E-state index in [1.54, 1.807) is 31.8 Å². The van der Waals surface area contributed by atoms with E-state index in [-0.39, 0.29) is 23.7 Å². The van der Waals surface area contributed by atoms with Crippen LogP contribution in [0.4, 0.5) is 4.39 Å². The van der Waals surface area contributed by atoms with Crippen molar-refractivity contribution in [3.63, 3.8) is 0 Å². The van der Waals surface area contributed by atoms with Gasteiger partial charge in [-0.2, -0.15) is 5.10 Å². The van der Waals surface area contributed by atoms with Gasteiger partial charge in [0.2, 0.25) is 16.0 Å². The fourth-order valence-corrected chi connectivity index (χ4v) is 6.50. The largest absolute Gasteiger partial charge is 0.369 e. The summed E-state index contributed by atoms with van der Waals surface area (Å²) in [7, 11) is -0.708. The van der Waals surface area contributed by atoms with Crippen molar-refractivity contribution in [2.45, 2.75) is 43.4 Å². The number of hydrogen-bond acceptors (Lipinski definition) is 6. The van der Waals surface area contributed by atoms with E-state index in [4.69, 9.17) is 5.73 Å². The van der Waals surface area contributed by atoms with E-state index in [1.807, 2.05) is 0 Å². The molecule has 2 heterocycles. The van der Waals surface area contributed by atoms with Gasteiger partial charge in [0.25, 0.3) is 0 Å². The molecule has 1 atom stereocenters. The van der Waals surface area contributed by atoms with Crippen LogP contribution in [0, 0.1) is 12.7 Å². The number of Topliss-reactive ketones (excluding diaryl/α,β-unsaturated/α-hetero) is 1. The van der Waals surface area contributed by atoms with Gasteiger partial charge in [0.05, 0.1) is 11.3 Å². The van der Waals surface area contributed by atoms with E-state index in [1.165, 1.54) is 25.2 Å². The van der Waals surface area contributed by atoms with Crippen molar-refractivity contribution in [2.75, 3.05) is 7.05 Å². The Labute approximate surface area is 174 Å². The average Bonchev–Trinajstić information content (AvgIpc) is 3.42. The molecular formula is C20H24FN5O3S. The summed E-state index contributed by atoms with van der Waals surface area (Å²) < 4.78 is 42.4. The van der Waals surface area contributed by atoms with Gasteiger partial charge >= 0.3 is 0 Å². The van der Waals surface area contributed by atoms with E-state index in [2.05, 4.69) is 10.1 Å². The number of nitrogens with two attached hydrogens (primary N) is 1. The third kappa shape index (κ3) is 2.69. The van der Waals surface area contributed by atoms with Gasteiger partial charge in [-0.1, -0.05) is 6.07 Å². The monoisotopic (exact) mass is 433 g/mol. The first-order valence-corrected chi connectivity index (χ1v) is 11.0. The van der Waals surface area contributed by atoms with Crippen LogP contribution in [-0.4, -0.2) is 46.0 Å². The van der Waals surface area contributed by atoms with Crippen molar-refractivity contribution in [3.8, 4) is 0 Å². The zero-order valence-corrected chi connectivity index (χ0v) is 18.1. The summed E-state index contributed by atoms with van der Waals surface area (Å²) >= 11 is 0. The Morgan fingerprint density at radius 2 is 1.97 bits per heavy atom. The van der Waals surface area contributed by atoms with Gasteiger partial charge in [0.15, 0.2) is 5.78 Å². The minimum atomic E-state index is -3.80. The lowest BCUT2D eigenvalue weighted by atomic mass is 9.85. The molecular weight excluding hydrogens is 409 g/mol. The summed E-state index contributed by atoms with van der Waals surface area (Å²) in [6.45, 7) is 3.36. The highest BCUT2D eigenvalue weighted by atomic mass is 32.2. The van der Waals surface area contributed by atoms with Gasteiger partial charge in [0, 0.05) is 32.3 Å². The zero-order chi connectivity index (χ0) is 22.1. The molecule has 160 valence electrons. The van der Waals surface area contributed by atoms with Crippen molar-refractivity contribution in [1.29, 1.82) is 0 Å². The second-order valence-corrected chi connectivity index (χ2v) is 10.5. The topological polar surface area (TPSA) is 111 Å². The van der Waals surface area contributed by atoms with Crippen LogP contribution in [-0.2, 0) is 29.0 Å². The smallest absolute Gasteiger partial charge is 0.245 e. The Morgan fingerprint density at radius 1 is 1.30 bits per heavy atom. The van der Waals surface area contributed by atoms with Crippen LogP contribution < -0.4 is 5.73 Å². The summed E-state index contributed by atoms with van der Waals surface area (Å²) in [6, 6.07) is 4.32. The molecule has 1 aliphatic carbocycles. The number of rotatable bonds is 4. The van der Waals surface area contributed by atoms with Crippen LogP contribution in [0.1, 0.15) is 46.9 Å². The minimum absolute atomic E-state index is 0.0365. The van der Waals surface area contributed by atoms with Crippen molar-refractivity contribution in [2.24, 2.45) is 17.8 Å². The molecule has 0 bridgehead atoms. The summed E-state index contributed by atoms with van der Waals surface area (Å²) in [5, 5.41) is 4.18. The van der Waals surface area contributed by atoms with Crippen LogP contribution in [0.2, 0.25) is 0 Å². The van der Waals surface area contributed by atoms with E-state index >= 15 is 0 Å². The van der Waals surface area contributed by atoms with E-state index in [0.29, 0.717) is 29.7 Å². The molecule has 0 unspecified atom stereocenters. The van der Waals surface area contributed by atoms with Crippen LogP contribution >= 0.6 is 0 Å². The third-order valence-electron chi connectivity index (χ3n) is 6.34. The number of ketones is 1. The Balaban J connectivity index is 1.77. The molecule has 2 aliphatic rings. The molecule has 10 heteroatoms. The fourth-order valence-electron chi connectivity index (χ4n) is 4.41. The maximum atomic E-state index is 15.0. The maximum absolute atomic E-state index is 15.0. The Hall–Kier alpha value is -2.75. The van der Waals surface area contributed by atoms with Crippen molar-refractivity contribution in [1.82, 2.24) is 14.1 Å². The summed E-state index contributed by atoms with van der Waals surface area (Å²) in [4.78, 5) is 17.2. The van der Waals surface area contributed by atoms with Gasteiger partial charge in [-0.3, -0.25) is 9.48 Å². The second kappa shape index (κ2) is 6.37. The Morgan fingerprint density at radius 3 is 2.53 bits per heavy atom. The predicted molar refractivity (Wildman–Crippen MR) is 110 cm³/mol. The van der Waals surface area contributed by atoms with Crippen LogP contribution in [0.3, 0.4) is 0 Å². The molecule has 0 amide bonds. The normalized spacial score (nSPS) is 24.0. The number of benzene rings is 1. The molecule has 1 fully saturated rings. The van der Waals surface area contributed by atoms with Crippen LogP contribution in [0.25, 0.3) is 0 Å². The molecule has 1 aromatic heterocycles. The standard InChI is InChI=1S/C20H24FN5O3S/c1-12-14(11-25(3)24-12)17(27)10-13-5-6-16(21)15(9-13)19(2)20(7-8-20)30(28,29)26(4)18(22)23-19/h5-6,9,11H,7-8,10H2,1-4H3,(H2,22,23)/t19-/m1/s1. The quantitative estimate of drug-likeness (QED) is 0.737. The zero-order valence-electron chi connectivity index (χ0n) is 17.3. The predicted octanol–water partition coefficient (Wildman–Crippen LogP) is 1.63. The molecule has 0 saturated heterocycles. The molecule has 1 saturated carbocycles. The molecule has 0 radical (unpaired) electrons.